The van der Waals surface area contributed by atoms with E-state index in [-0.39, 0.29) is 34.1 Å². The first-order valence-corrected chi connectivity index (χ1v) is 13.0. The molecule has 7 N–H and O–H groups in total. The van der Waals surface area contributed by atoms with Crippen LogP contribution >= 0.6 is 11.8 Å². The van der Waals surface area contributed by atoms with Crippen LogP contribution in [-0.2, 0) is 10.5 Å². The minimum Gasteiger partial charge on any atom is -0.508 e. The molecule has 2 unspecified atom stereocenters. The number of hydrogen-bond acceptors (Lipinski definition) is 11. The second-order valence-corrected chi connectivity index (χ2v) is 10.2. The molecule has 1 aliphatic rings. The molecule has 0 spiro atoms. The molecular formula is C29H24O10S. The average molecular weight is 565 g/mol. The average Bonchev–Trinajstić information content (AvgIpc) is 2.92. The molecule has 1 aliphatic heterocycles. The summed E-state index contributed by atoms with van der Waals surface area (Å²) in [4.78, 5) is 13.3. The third-order valence-corrected chi connectivity index (χ3v) is 7.75. The largest absolute Gasteiger partial charge is 0.508 e. The normalized spacial score (nSPS) is 17.9. The third-order valence-electron chi connectivity index (χ3n) is 6.39. The Morgan fingerprint density at radius 1 is 0.775 bits per heavy atom. The number of esters is 1. The molecule has 0 amide bonds. The van der Waals surface area contributed by atoms with Crippen molar-refractivity contribution in [2.75, 3.05) is 0 Å². The Morgan fingerprint density at radius 3 is 2.15 bits per heavy atom. The highest BCUT2D eigenvalue weighted by molar-refractivity contribution is 7.98. The lowest BCUT2D eigenvalue weighted by Gasteiger charge is -2.39. The molecule has 0 fully saturated rings. The van der Waals surface area contributed by atoms with Crippen LogP contribution < -0.4 is 4.74 Å². The van der Waals surface area contributed by atoms with E-state index in [1.54, 1.807) is 0 Å². The minimum absolute atomic E-state index is 0.118. The van der Waals surface area contributed by atoms with Crippen LogP contribution in [0.2, 0.25) is 0 Å². The standard InChI is InChI=1S/C29H24O10S/c30-17-11-20(33)24-23(12-17)38-26(15-6-7-18(31)19(32)8-15)27(28(24)40-13-14-4-2-1-3-5-14)39-29(37)16-9-21(34)25(36)22(35)10-16/h1-12,26-28,30-36H,13H2/t26-,27?,28?/m1/s1. The van der Waals surface area contributed by atoms with E-state index in [9.17, 15) is 40.5 Å². The molecule has 4 aromatic carbocycles. The Bertz CT molecular complexity index is 1550. The van der Waals surface area contributed by atoms with Crippen LogP contribution in [0.5, 0.6) is 46.0 Å². The van der Waals surface area contributed by atoms with Crippen molar-refractivity contribution in [1.82, 2.24) is 0 Å². The fraction of sp³-hybridized carbons (Fsp3) is 0.138. The molecule has 206 valence electrons. The molecule has 5 rings (SSSR count). The highest BCUT2D eigenvalue weighted by atomic mass is 32.2. The molecular weight excluding hydrogens is 540 g/mol. The van der Waals surface area contributed by atoms with Gasteiger partial charge in [0.25, 0.3) is 0 Å². The lowest BCUT2D eigenvalue weighted by molar-refractivity contribution is -0.0203. The summed E-state index contributed by atoms with van der Waals surface area (Å²) >= 11 is 1.32. The van der Waals surface area contributed by atoms with E-state index in [1.807, 2.05) is 30.3 Å². The van der Waals surface area contributed by atoms with Crippen molar-refractivity contribution in [2.24, 2.45) is 0 Å². The molecule has 0 aromatic heterocycles. The Morgan fingerprint density at radius 2 is 1.48 bits per heavy atom. The van der Waals surface area contributed by atoms with E-state index >= 15 is 0 Å². The summed E-state index contributed by atoms with van der Waals surface area (Å²) in [6.07, 6.45) is -2.28. The lowest BCUT2D eigenvalue weighted by atomic mass is 9.93. The second kappa shape index (κ2) is 10.7. The van der Waals surface area contributed by atoms with Crippen LogP contribution in [-0.4, -0.2) is 47.8 Å². The molecule has 0 aliphatic carbocycles. The van der Waals surface area contributed by atoms with E-state index in [1.165, 1.54) is 36.0 Å². The first-order valence-electron chi connectivity index (χ1n) is 12.0. The highest BCUT2D eigenvalue weighted by Gasteiger charge is 2.44. The summed E-state index contributed by atoms with van der Waals surface area (Å²) in [7, 11) is 0. The van der Waals surface area contributed by atoms with Gasteiger partial charge in [0.2, 0.25) is 0 Å². The van der Waals surface area contributed by atoms with Gasteiger partial charge in [0, 0.05) is 23.4 Å². The summed E-state index contributed by atoms with van der Waals surface area (Å²) in [6, 6.07) is 17.7. The fourth-order valence-electron chi connectivity index (χ4n) is 4.46. The molecule has 0 saturated carbocycles. The summed E-state index contributed by atoms with van der Waals surface area (Å²) < 4.78 is 12.0. The molecule has 0 radical (unpaired) electrons. The van der Waals surface area contributed by atoms with Gasteiger partial charge in [-0.25, -0.2) is 4.79 Å². The van der Waals surface area contributed by atoms with E-state index < -0.39 is 46.4 Å². The molecule has 40 heavy (non-hydrogen) atoms. The number of thioether (sulfide) groups is 1. The van der Waals surface area contributed by atoms with Gasteiger partial charge in [-0.15, -0.1) is 11.8 Å². The number of phenols is 7. The number of carbonyl (C=O) groups excluding carboxylic acids is 1. The zero-order valence-corrected chi connectivity index (χ0v) is 21.4. The number of fused-ring (bicyclic) bond motifs is 1. The van der Waals surface area contributed by atoms with Gasteiger partial charge in [-0.1, -0.05) is 36.4 Å². The Kier molecular flexibility index (Phi) is 7.14. The first kappa shape index (κ1) is 26.7. The van der Waals surface area contributed by atoms with Crippen LogP contribution in [0.25, 0.3) is 0 Å². The number of benzene rings is 4. The number of carbonyl (C=O) groups is 1. The van der Waals surface area contributed by atoms with Crippen molar-refractivity contribution in [3.63, 3.8) is 0 Å². The van der Waals surface area contributed by atoms with Gasteiger partial charge in [0.05, 0.1) is 16.4 Å². The molecule has 10 nitrogen and oxygen atoms in total. The van der Waals surface area contributed by atoms with Crippen molar-refractivity contribution >= 4 is 17.7 Å². The smallest absolute Gasteiger partial charge is 0.338 e. The SMILES string of the molecule is O=C(OC1C(SCc2ccccc2)c2c(O)cc(O)cc2O[C@@H]1c1ccc(O)c(O)c1)c1cc(O)c(O)c(O)c1. The van der Waals surface area contributed by atoms with Gasteiger partial charge in [0.1, 0.15) is 17.2 Å². The molecule has 0 bridgehead atoms. The van der Waals surface area contributed by atoms with Crippen molar-refractivity contribution in [3.05, 3.63) is 95.1 Å². The quantitative estimate of drug-likeness (QED) is 0.124. The maximum absolute atomic E-state index is 13.3. The summed E-state index contributed by atoms with van der Waals surface area (Å²) in [5.41, 5.74) is 1.24. The molecule has 3 atom stereocenters. The van der Waals surface area contributed by atoms with E-state index in [0.29, 0.717) is 11.3 Å². The number of phenolic OH excluding ortho intramolecular Hbond substituents is 7. The zero-order chi connectivity index (χ0) is 28.6. The molecule has 1 heterocycles. The summed E-state index contributed by atoms with van der Waals surface area (Å²) in [6.45, 7) is 0. The first-order chi connectivity index (χ1) is 19.1. The van der Waals surface area contributed by atoms with Crippen molar-refractivity contribution < 1.29 is 50.0 Å². The van der Waals surface area contributed by atoms with E-state index in [0.717, 1.165) is 23.8 Å². The van der Waals surface area contributed by atoms with Gasteiger partial charge in [-0.05, 0) is 29.8 Å². The lowest BCUT2D eigenvalue weighted by Crippen LogP contribution is -2.37. The van der Waals surface area contributed by atoms with Gasteiger partial charge in [-0.2, -0.15) is 0 Å². The van der Waals surface area contributed by atoms with Crippen molar-refractivity contribution in [3.8, 4) is 46.0 Å². The number of rotatable bonds is 6. The van der Waals surface area contributed by atoms with Crippen LogP contribution in [0.1, 0.15) is 38.4 Å². The van der Waals surface area contributed by atoms with Gasteiger partial charge in [-0.3, -0.25) is 0 Å². The van der Waals surface area contributed by atoms with Crippen LogP contribution in [0.15, 0.2) is 72.8 Å². The molecule has 4 aromatic rings. The van der Waals surface area contributed by atoms with Gasteiger partial charge >= 0.3 is 5.97 Å². The Hall–Kier alpha value is -4.90. The van der Waals surface area contributed by atoms with Crippen molar-refractivity contribution in [2.45, 2.75) is 23.2 Å². The topological polar surface area (TPSA) is 177 Å². The van der Waals surface area contributed by atoms with E-state index in [4.69, 9.17) is 9.47 Å². The van der Waals surface area contributed by atoms with Crippen LogP contribution in [0.3, 0.4) is 0 Å². The minimum atomic E-state index is -1.17. The Balaban J connectivity index is 1.61. The second-order valence-electron chi connectivity index (χ2n) is 9.11. The van der Waals surface area contributed by atoms with Crippen molar-refractivity contribution in [1.29, 1.82) is 0 Å². The third kappa shape index (κ3) is 5.19. The highest BCUT2D eigenvalue weighted by Crippen LogP contribution is 2.54. The summed E-state index contributed by atoms with van der Waals surface area (Å²) in [5.74, 6) is -4.10. The van der Waals surface area contributed by atoms with Gasteiger partial charge in [0.15, 0.2) is 41.0 Å². The summed E-state index contributed by atoms with van der Waals surface area (Å²) in [5, 5.41) is 69.8. The predicted molar refractivity (Wildman–Crippen MR) is 144 cm³/mol. The number of ether oxygens (including phenoxy) is 2. The van der Waals surface area contributed by atoms with Crippen LogP contribution in [0, 0.1) is 0 Å². The van der Waals surface area contributed by atoms with Gasteiger partial charge < -0.3 is 45.2 Å². The monoisotopic (exact) mass is 564 g/mol. The fourth-order valence-corrected chi connectivity index (χ4v) is 5.81. The maximum Gasteiger partial charge on any atom is 0.338 e. The predicted octanol–water partition coefficient (Wildman–Crippen LogP) is 4.96. The maximum atomic E-state index is 13.3. The molecule has 11 heteroatoms. The Labute approximate surface area is 231 Å². The molecule has 0 saturated heterocycles. The van der Waals surface area contributed by atoms with Crippen LogP contribution in [0.4, 0.5) is 0 Å². The van der Waals surface area contributed by atoms with E-state index in [2.05, 4.69) is 0 Å². The number of aromatic hydroxyl groups is 7. The number of hydrogen-bond donors (Lipinski definition) is 7. The zero-order valence-electron chi connectivity index (χ0n) is 20.6.